The zero-order chi connectivity index (χ0) is 6.78. The molecule has 0 saturated heterocycles. The normalized spacial score (nSPS) is 16.1. The third-order valence-corrected chi connectivity index (χ3v) is 1.33. The standard InChI is InChI=1S/C5H14N2O/c1-5(2,3-6)4(7)8/h4,8H,3,6-7H2,1-2H3. The Hall–Kier alpha value is -0.120. The highest BCUT2D eigenvalue weighted by molar-refractivity contribution is 4.73. The summed E-state index contributed by atoms with van der Waals surface area (Å²) in [7, 11) is 0. The molecule has 0 radical (unpaired) electrons. The Balaban J connectivity index is 3.71. The maximum atomic E-state index is 8.78. The van der Waals surface area contributed by atoms with E-state index in [9.17, 15) is 0 Å². The van der Waals surface area contributed by atoms with Crippen LogP contribution in [0.4, 0.5) is 0 Å². The molecule has 0 fully saturated rings. The summed E-state index contributed by atoms with van der Waals surface area (Å²) in [5.74, 6) is 0. The van der Waals surface area contributed by atoms with E-state index in [0.29, 0.717) is 6.54 Å². The van der Waals surface area contributed by atoms with Gasteiger partial charge in [0.1, 0.15) is 6.23 Å². The molecule has 0 aromatic carbocycles. The molecule has 5 N–H and O–H groups in total. The SMILES string of the molecule is CC(C)(CN)C(N)O. The van der Waals surface area contributed by atoms with Crippen molar-refractivity contribution >= 4 is 0 Å². The molecule has 0 spiro atoms. The van der Waals surface area contributed by atoms with Crippen molar-refractivity contribution in [2.75, 3.05) is 6.54 Å². The molecule has 0 aromatic rings. The quantitative estimate of drug-likeness (QED) is 0.418. The third kappa shape index (κ3) is 1.78. The van der Waals surface area contributed by atoms with Crippen LogP contribution in [0.3, 0.4) is 0 Å². The van der Waals surface area contributed by atoms with E-state index in [-0.39, 0.29) is 5.41 Å². The second kappa shape index (κ2) is 2.44. The summed E-state index contributed by atoms with van der Waals surface area (Å²) in [6, 6.07) is 0. The Bertz CT molecular complexity index is 70.8. The molecule has 0 aliphatic heterocycles. The van der Waals surface area contributed by atoms with Gasteiger partial charge in [-0.3, -0.25) is 0 Å². The molecule has 3 heteroatoms. The van der Waals surface area contributed by atoms with Crippen LogP contribution in [0.25, 0.3) is 0 Å². The molecule has 0 aliphatic rings. The van der Waals surface area contributed by atoms with Gasteiger partial charge >= 0.3 is 0 Å². The second-order valence-corrected chi connectivity index (χ2v) is 2.64. The molecule has 0 aliphatic carbocycles. The van der Waals surface area contributed by atoms with E-state index in [0.717, 1.165) is 0 Å². The Morgan fingerprint density at radius 2 is 2.00 bits per heavy atom. The van der Waals surface area contributed by atoms with Crippen LogP contribution in [0.5, 0.6) is 0 Å². The van der Waals surface area contributed by atoms with Gasteiger partial charge in [-0.2, -0.15) is 0 Å². The maximum Gasteiger partial charge on any atom is 0.108 e. The summed E-state index contributed by atoms with van der Waals surface area (Å²) in [4.78, 5) is 0. The van der Waals surface area contributed by atoms with Crippen molar-refractivity contribution in [3.63, 3.8) is 0 Å². The van der Waals surface area contributed by atoms with E-state index in [2.05, 4.69) is 0 Å². The number of aliphatic hydroxyl groups is 1. The molecule has 8 heavy (non-hydrogen) atoms. The minimum Gasteiger partial charge on any atom is -0.378 e. The van der Waals surface area contributed by atoms with Crippen LogP contribution in [-0.4, -0.2) is 17.9 Å². The molecule has 1 atom stereocenters. The molecule has 0 heterocycles. The van der Waals surface area contributed by atoms with Crippen LogP contribution in [0, 0.1) is 5.41 Å². The van der Waals surface area contributed by atoms with E-state index < -0.39 is 6.23 Å². The third-order valence-electron chi connectivity index (χ3n) is 1.33. The number of hydrogen-bond donors (Lipinski definition) is 3. The van der Waals surface area contributed by atoms with Crippen molar-refractivity contribution in [1.29, 1.82) is 0 Å². The van der Waals surface area contributed by atoms with Gasteiger partial charge in [0.25, 0.3) is 0 Å². The summed E-state index contributed by atoms with van der Waals surface area (Å²) in [6.45, 7) is 4.04. The molecule has 3 nitrogen and oxygen atoms in total. The van der Waals surface area contributed by atoms with Gasteiger partial charge in [0.2, 0.25) is 0 Å². The summed E-state index contributed by atoms with van der Waals surface area (Å²) >= 11 is 0. The second-order valence-electron chi connectivity index (χ2n) is 2.64. The van der Waals surface area contributed by atoms with Gasteiger partial charge in [0.15, 0.2) is 0 Å². The van der Waals surface area contributed by atoms with Crippen molar-refractivity contribution < 1.29 is 5.11 Å². The average Bonchev–Trinajstić information content (AvgIpc) is 1.67. The van der Waals surface area contributed by atoms with Gasteiger partial charge in [-0.1, -0.05) is 13.8 Å². The number of rotatable bonds is 2. The highest BCUT2D eigenvalue weighted by Gasteiger charge is 2.21. The molecular weight excluding hydrogens is 104 g/mol. The smallest absolute Gasteiger partial charge is 0.108 e. The zero-order valence-electron chi connectivity index (χ0n) is 5.39. The van der Waals surface area contributed by atoms with E-state index >= 15 is 0 Å². The van der Waals surface area contributed by atoms with Gasteiger partial charge in [0.05, 0.1) is 0 Å². The lowest BCUT2D eigenvalue weighted by molar-refractivity contribution is 0.0621. The Morgan fingerprint density at radius 1 is 1.62 bits per heavy atom. The van der Waals surface area contributed by atoms with Crippen LogP contribution in [0.1, 0.15) is 13.8 Å². The fraction of sp³-hybridized carbons (Fsp3) is 1.00. The van der Waals surface area contributed by atoms with Gasteiger partial charge in [-0.25, -0.2) is 0 Å². The van der Waals surface area contributed by atoms with E-state index in [1.165, 1.54) is 0 Å². The summed E-state index contributed by atoms with van der Waals surface area (Å²) in [5.41, 5.74) is 10.1. The molecule has 50 valence electrons. The highest BCUT2D eigenvalue weighted by atomic mass is 16.3. The Kier molecular flexibility index (Phi) is 2.40. The van der Waals surface area contributed by atoms with Crippen molar-refractivity contribution in [3.8, 4) is 0 Å². The largest absolute Gasteiger partial charge is 0.378 e. The van der Waals surface area contributed by atoms with E-state index in [1.807, 2.05) is 13.8 Å². The van der Waals surface area contributed by atoms with Crippen molar-refractivity contribution in [2.24, 2.45) is 16.9 Å². The first-order valence-electron chi connectivity index (χ1n) is 2.64. The molecule has 1 unspecified atom stereocenters. The molecule has 0 amide bonds. The zero-order valence-corrected chi connectivity index (χ0v) is 5.39. The van der Waals surface area contributed by atoms with Gasteiger partial charge < -0.3 is 16.6 Å². The number of nitrogens with two attached hydrogens (primary N) is 2. The van der Waals surface area contributed by atoms with E-state index in [1.54, 1.807) is 0 Å². The van der Waals surface area contributed by atoms with Crippen LogP contribution < -0.4 is 11.5 Å². The predicted molar refractivity (Wildman–Crippen MR) is 33.0 cm³/mol. The number of aliphatic hydroxyl groups excluding tert-OH is 1. The predicted octanol–water partition coefficient (Wildman–Crippen LogP) is -0.752. The molecule has 0 bridgehead atoms. The molecule has 0 saturated carbocycles. The fourth-order valence-corrected chi connectivity index (χ4v) is 0.121. The number of hydrogen-bond acceptors (Lipinski definition) is 3. The Morgan fingerprint density at radius 3 is 2.00 bits per heavy atom. The summed E-state index contributed by atoms with van der Waals surface area (Å²) in [6.07, 6.45) is -0.813. The van der Waals surface area contributed by atoms with Crippen LogP contribution in [0.2, 0.25) is 0 Å². The van der Waals surface area contributed by atoms with Gasteiger partial charge in [-0.15, -0.1) is 0 Å². The van der Waals surface area contributed by atoms with Crippen molar-refractivity contribution in [3.05, 3.63) is 0 Å². The van der Waals surface area contributed by atoms with Crippen LogP contribution in [-0.2, 0) is 0 Å². The first-order chi connectivity index (χ1) is 3.50. The van der Waals surface area contributed by atoms with Crippen LogP contribution >= 0.6 is 0 Å². The lowest BCUT2D eigenvalue weighted by atomic mass is 9.92. The minimum atomic E-state index is -0.813. The average molecular weight is 118 g/mol. The first-order valence-corrected chi connectivity index (χ1v) is 2.64. The van der Waals surface area contributed by atoms with Gasteiger partial charge in [0, 0.05) is 12.0 Å². The van der Waals surface area contributed by atoms with E-state index in [4.69, 9.17) is 16.6 Å². The lowest BCUT2D eigenvalue weighted by Crippen LogP contribution is -2.42. The Labute approximate surface area is 49.7 Å². The molecule has 0 aromatic heterocycles. The molecule has 0 rings (SSSR count). The molecular formula is C5H14N2O. The topological polar surface area (TPSA) is 72.3 Å². The highest BCUT2D eigenvalue weighted by Crippen LogP contribution is 2.13. The minimum absolute atomic E-state index is 0.347. The summed E-state index contributed by atoms with van der Waals surface area (Å²) < 4.78 is 0. The monoisotopic (exact) mass is 118 g/mol. The fourth-order valence-electron chi connectivity index (χ4n) is 0.121. The lowest BCUT2D eigenvalue weighted by Gasteiger charge is -2.24. The summed E-state index contributed by atoms with van der Waals surface area (Å²) in [5, 5.41) is 8.78. The van der Waals surface area contributed by atoms with Gasteiger partial charge in [-0.05, 0) is 0 Å². The first kappa shape index (κ1) is 7.88. The van der Waals surface area contributed by atoms with Crippen molar-refractivity contribution in [1.82, 2.24) is 0 Å². The van der Waals surface area contributed by atoms with Crippen LogP contribution in [0.15, 0.2) is 0 Å². The van der Waals surface area contributed by atoms with Crippen molar-refractivity contribution in [2.45, 2.75) is 20.1 Å². The maximum absolute atomic E-state index is 8.78.